The van der Waals surface area contributed by atoms with Crippen LogP contribution in [0, 0.1) is 0 Å². The maximum absolute atomic E-state index is 12.7. The van der Waals surface area contributed by atoms with Gasteiger partial charge in [-0.15, -0.1) is 10.2 Å². The highest BCUT2D eigenvalue weighted by Gasteiger charge is 2.31. The third kappa shape index (κ3) is 5.07. The molecule has 6 nitrogen and oxygen atoms in total. The van der Waals surface area contributed by atoms with Crippen LogP contribution in [0.5, 0.6) is 0 Å². The summed E-state index contributed by atoms with van der Waals surface area (Å²) in [6.07, 6.45) is -1.01. The highest BCUT2D eigenvalue weighted by Crippen LogP contribution is 2.32. The lowest BCUT2D eigenvalue weighted by Gasteiger charge is -2.32. The van der Waals surface area contributed by atoms with E-state index in [-0.39, 0.29) is 23.9 Å². The van der Waals surface area contributed by atoms with E-state index in [1.165, 1.54) is 12.1 Å². The number of hydrogen-bond donors (Lipinski definition) is 1. The van der Waals surface area contributed by atoms with Crippen molar-refractivity contribution in [3.05, 3.63) is 35.7 Å². The molecular weight excluding hydrogens is 385 g/mol. The Hall–Kier alpha value is -2.58. The van der Waals surface area contributed by atoms with Crippen molar-refractivity contribution in [1.82, 2.24) is 20.4 Å². The minimum atomic E-state index is -4.39. The Morgan fingerprint density at radius 3 is 2.55 bits per heavy atom. The van der Waals surface area contributed by atoms with E-state index in [0.29, 0.717) is 24.5 Å². The summed E-state index contributed by atoms with van der Waals surface area (Å²) in [6, 6.07) is 4.67. The van der Waals surface area contributed by atoms with Gasteiger partial charge in [-0.1, -0.05) is 13.8 Å². The summed E-state index contributed by atoms with van der Waals surface area (Å²) in [5.74, 6) is 0.485. The summed E-state index contributed by atoms with van der Waals surface area (Å²) in [5, 5.41) is 11.1. The van der Waals surface area contributed by atoms with Gasteiger partial charge in [-0.25, -0.2) is 4.79 Å². The fourth-order valence-corrected chi connectivity index (χ4v) is 3.44. The van der Waals surface area contributed by atoms with Gasteiger partial charge in [-0.05, 0) is 49.9 Å². The summed E-state index contributed by atoms with van der Waals surface area (Å²) < 4.78 is 43.8. The highest BCUT2D eigenvalue weighted by molar-refractivity contribution is 5.74. The molecule has 2 heterocycles. The number of piperidine rings is 1. The van der Waals surface area contributed by atoms with Gasteiger partial charge in [0.05, 0.1) is 11.5 Å². The number of hydrogen-bond acceptors (Lipinski definition) is 4. The Bertz CT molecular complexity index is 816. The Kier molecular flexibility index (Phi) is 6.44. The molecule has 1 unspecified atom stereocenters. The second-order valence-electron chi connectivity index (χ2n) is 7.27. The molecule has 3 rings (SSSR count). The Morgan fingerprint density at radius 1 is 1.24 bits per heavy atom. The quantitative estimate of drug-likeness (QED) is 0.766. The van der Waals surface area contributed by atoms with Crippen LogP contribution < -0.4 is 5.32 Å². The van der Waals surface area contributed by atoms with Gasteiger partial charge in [-0.3, -0.25) is 0 Å². The van der Waals surface area contributed by atoms with Gasteiger partial charge < -0.3 is 14.6 Å². The van der Waals surface area contributed by atoms with Gasteiger partial charge in [0.2, 0.25) is 11.8 Å². The highest BCUT2D eigenvalue weighted by atomic mass is 19.4. The van der Waals surface area contributed by atoms with Crippen molar-refractivity contribution in [2.75, 3.05) is 13.1 Å². The van der Waals surface area contributed by atoms with Crippen LogP contribution in [-0.4, -0.2) is 40.3 Å². The zero-order chi connectivity index (χ0) is 21.0. The molecule has 0 aliphatic carbocycles. The minimum absolute atomic E-state index is 0.0908. The maximum Gasteiger partial charge on any atom is 0.416 e. The normalized spacial score (nSPS) is 17.6. The predicted molar refractivity (Wildman–Crippen MR) is 101 cm³/mol. The molecule has 0 bridgehead atoms. The molecule has 1 N–H and O–H groups in total. The number of likely N-dealkylation sites (tertiary alicyclic amines) is 1. The van der Waals surface area contributed by atoms with E-state index < -0.39 is 11.7 Å². The number of alkyl halides is 3. The fourth-order valence-electron chi connectivity index (χ4n) is 3.44. The number of urea groups is 1. The lowest BCUT2D eigenvalue weighted by molar-refractivity contribution is -0.137. The van der Waals surface area contributed by atoms with E-state index in [2.05, 4.69) is 15.5 Å². The lowest BCUT2D eigenvalue weighted by Crippen LogP contribution is -2.48. The molecule has 158 valence electrons. The molecule has 1 aliphatic rings. The van der Waals surface area contributed by atoms with Crippen LogP contribution in [0.4, 0.5) is 18.0 Å². The summed E-state index contributed by atoms with van der Waals surface area (Å²) in [7, 11) is 0. The first-order valence-corrected chi connectivity index (χ1v) is 9.88. The van der Waals surface area contributed by atoms with E-state index in [4.69, 9.17) is 4.42 Å². The number of rotatable bonds is 5. The molecule has 9 heteroatoms. The minimum Gasteiger partial charge on any atom is -0.420 e. The average molecular weight is 410 g/mol. The summed E-state index contributed by atoms with van der Waals surface area (Å²) >= 11 is 0. The van der Waals surface area contributed by atoms with Crippen LogP contribution in [0.25, 0.3) is 11.5 Å². The Labute approximate surface area is 167 Å². The van der Waals surface area contributed by atoms with Gasteiger partial charge in [0, 0.05) is 24.7 Å². The molecular formula is C20H25F3N4O2. The van der Waals surface area contributed by atoms with Crippen molar-refractivity contribution in [3.8, 4) is 11.5 Å². The number of aromatic nitrogens is 2. The van der Waals surface area contributed by atoms with E-state index in [1.807, 2.05) is 13.8 Å². The van der Waals surface area contributed by atoms with Gasteiger partial charge >= 0.3 is 12.2 Å². The molecule has 0 radical (unpaired) electrons. The Morgan fingerprint density at radius 2 is 1.93 bits per heavy atom. The first kappa shape index (κ1) is 21.1. The second-order valence-corrected chi connectivity index (χ2v) is 7.27. The number of carbonyl (C=O) groups is 1. The van der Waals surface area contributed by atoms with Crippen LogP contribution in [0.1, 0.15) is 56.9 Å². The molecule has 1 fully saturated rings. The van der Waals surface area contributed by atoms with E-state index in [0.717, 1.165) is 37.8 Å². The summed E-state index contributed by atoms with van der Waals surface area (Å²) in [6.45, 7) is 5.21. The van der Waals surface area contributed by atoms with Crippen molar-refractivity contribution in [1.29, 1.82) is 0 Å². The molecule has 1 aliphatic heterocycles. The van der Waals surface area contributed by atoms with Crippen molar-refractivity contribution in [3.63, 3.8) is 0 Å². The molecule has 1 saturated heterocycles. The van der Waals surface area contributed by atoms with Crippen molar-refractivity contribution in [2.24, 2.45) is 0 Å². The van der Waals surface area contributed by atoms with Crippen LogP contribution in [-0.2, 0) is 6.18 Å². The number of benzene rings is 1. The molecule has 2 amide bonds. The maximum atomic E-state index is 12.7. The summed E-state index contributed by atoms with van der Waals surface area (Å²) in [5.41, 5.74) is -0.303. The number of carbonyl (C=O) groups excluding carboxylic acids is 1. The van der Waals surface area contributed by atoms with Crippen molar-refractivity contribution >= 4 is 6.03 Å². The van der Waals surface area contributed by atoms with E-state index in [9.17, 15) is 18.0 Å². The number of nitrogens with one attached hydrogen (secondary N) is 1. The predicted octanol–water partition coefficient (Wildman–Crippen LogP) is 4.83. The number of halogens is 3. The molecule has 0 saturated carbocycles. The van der Waals surface area contributed by atoms with Crippen LogP contribution in [0.15, 0.2) is 28.7 Å². The third-order valence-corrected chi connectivity index (χ3v) is 5.27. The van der Waals surface area contributed by atoms with Gasteiger partial charge in [0.1, 0.15) is 0 Å². The topological polar surface area (TPSA) is 71.3 Å². The monoisotopic (exact) mass is 410 g/mol. The van der Waals surface area contributed by atoms with Gasteiger partial charge in [0.25, 0.3) is 0 Å². The van der Waals surface area contributed by atoms with Crippen LogP contribution in [0.3, 0.4) is 0 Å². The van der Waals surface area contributed by atoms with E-state index >= 15 is 0 Å². The smallest absolute Gasteiger partial charge is 0.416 e. The number of amides is 2. The van der Waals surface area contributed by atoms with Crippen molar-refractivity contribution in [2.45, 2.75) is 57.7 Å². The average Bonchev–Trinajstić information content (AvgIpc) is 3.21. The van der Waals surface area contributed by atoms with E-state index in [1.54, 1.807) is 4.90 Å². The zero-order valence-corrected chi connectivity index (χ0v) is 16.5. The molecule has 0 spiro atoms. The Balaban J connectivity index is 1.67. The molecule has 29 heavy (non-hydrogen) atoms. The lowest BCUT2D eigenvalue weighted by atomic mass is 9.98. The fraction of sp³-hybridized carbons (Fsp3) is 0.550. The SMILES string of the molecule is CCC(CC)NC(=O)N1CCCC(c2nnc(-c3ccc(C(F)(F)F)cc3)o2)C1. The van der Waals surface area contributed by atoms with Crippen LogP contribution in [0.2, 0.25) is 0 Å². The molecule has 1 aromatic carbocycles. The van der Waals surface area contributed by atoms with Crippen molar-refractivity contribution < 1.29 is 22.4 Å². The molecule has 1 aromatic heterocycles. The third-order valence-electron chi connectivity index (χ3n) is 5.27. The zero-order valence-electron chi connectivity index (χ0n) is 16.5. The molecule has 1 atom stereocenters. The number of nitrogens with zero attached hydrogens (tertiary/aromatic N) is 3. The second kappa shape index (κ2) is 8.84. The van der Waals surface area contributed by atoms with Gasteiger partial charge in [0.15, 0.2) is 0 Å². The first-order chi connectivity index (χ1) is 13.8. The molecule has 2 aromatic rings. The standard InChI is InChI=1S/C20H25F3N4O2/c1-3-16(4-2)24-19(28)27-11-5-6-14(12-27)18-26-25-17(29-18)13-7-9-15(10-8-13)20(21,22)23/h7-10,14,16H,3-6,11-12H2,1-2H3,(H,24,28). The van der Waals surface area contributed by atoms with Gasteiger partial charge in [-0.2, -0.15) is 13.2 Å². The largest absolute Gasteiger partial charge is 0.420 e. The van der Waals surface area contributed by atoms with Crippen LogP contribution >= 0.6 is 0 Å². The summed E-state index contributed by atoms with van der Waals surface area (Å²) in [4.78, 5) is 14.3. The first-order valence-electron chi connectivity index (χ1n) is 9.88.